The Kier molecular flexibility index (Phi) is 4.67. The summed E-state index contributed by atoms with van der Waals surface area (Å²) in [5.41, 5.74) is -1.77. The summed E-state index contributed by atoms with van der Waals surface area (Å²) in [6.45, 7) is 3.40. The Morgan fingerprint density at radius 1 is 1.39 bits per heavy atom. The van der Waals surface area contributed by atoms with Gasteiger partial charge in [0, 0.05) is 0 Å². The molecule has 1 amide bonds. The molecule has 2 aromatic rings. The van der Waals surface area contributed by atoms with Gasteiger partial charge in [-0.1, -0.05) is 6.92 Å². The fourth-order valence-electron chi connectivity index (χ4n) is 1.98. The van der Waals surface area contributed by atoms with Crippen LogP contribution in [0.1, 0.15) is 47.0 Å². The van der Waals surface area contributed by atoms with Crippen LogP contribution in [0.2, 0.25) is 0 Å². The van der Waals surface area contributed by atoms with E-state index in [-0.39, 0.29) is 5.82 Å². The van der Waals surface area contributed by atoms with Gasteiger partial charge in [-0.2, -0.15) is 18.3 Å². The normalized spacial score (nSPS) is 13.0. The number of rotatable bonds is 4. The van der Waals surface area contributed by atoms with Gasteiger partial charge in [-0.05, 0) is 31.5 Å². The molecule has 1 heterocycles. The largest absolute Gasteiger partial charge is 0.416 e. The molecule has 0 fully saturated rings. The number of aryl methyl sites for hydroxylation is 1. The Morgan fingerprint density at radius 2 is 2.09 bits per heavy atom. The smallest absolute Gasteiger partial charge is 0.342 e. The van der Waals surface area contributed by atoms with E-state index < -0.39 is 35.1 Å². The van der Waals surface area contributed by atoms with Gasteiger partial charge in [0.05, 0.1) is 17.2 Å². The standard InChI is InChI=1S/C14H14F4N4O/c1-3-11(12-19-7(2)21-22-12)20-13(23)9-6-8(14(16,17)18)4-5-10(9)15/h4-6,11H,3H2,1-2H3,(H,20,23)(H,19,21,22). The molecule has 1 aromatic carbocycles. The second kappa shape index (κ2) is 6.35. The molecule has 0 aliphatic rings. The lowest BCUT2D eigenvalue weighted by Gasteiger charge is -2.15. The molecular weight excluding hydrogens is 316 g/mol. The van der Waals surface area contributed by atoms with Crippen molar-refractivity contribution in [2.45, 2.75) is 32.5 Å². The first-order valence-corrected chi connectivity index (χ1v) is 6.79. The minimum absolute atomic E-state index is 0.283. The van der Waals surface area contributed by atoms with Gasteiger partial charge in [0.2, 0.25) is 0 Å². The highest BCUT2D eigenvalue weighted by Gasteiger charge is 2.32. The molecule has 9 heteroatoms. The minimum atomic E-state index is -4.66. The summed E-state index contributed by atoms with van der Waals surface area (Å²) in [6.07, 6.45) is -4.27. The molecule has 1 unspecified atom stereocenters. The van der Waals surface area contributed by atoms with E-state index in [9.17, 15) is 22.4 Å². The van der Waals surface area contributed by atoms with Crippen LogP contribution in [-0.2, 0) is 6.18 Å². The summed E-state index contributed by atoms with van der Waals surface area (Å²) in [6, 6.07) is 1.06. The number of carbonyl (C=O) groups is 1. The number of alkyl halides is 3. The molecule has 23 heavy (non-hydrogen) atoms. The van der Waals surface area contributed by atoms with E-state index in [1.54, 1.807) is 13.8 Å². The predicted molar refractivity (Wildman–Crippen MR) is 73.0 cm³/mol. The van der Waals surface area contributed by atoms with E-state index in [0.717, 1.165) is 0 Å². The first-order chi connectivity index (χ1) is 10.7. The number of carbonyl (C=O) groups excluding carboxylic acids is 1. The minimum Gasteiger partial charge on any atom is -0.342 e. The molecule has 124 valence electrons. The van der Waals surface area contributed by atoms with Gasteiger partial charge < -0.3 is 5.32 Å². The van der Waals surface area contributed by atoms with Crippen LogP contribution in [0.25, 0.3) is 0 Å². The molecular formula is C14H14F4N4O. The Morgan fingerprint density at radius 3 is 2.61 bits per heavy atom. The molecule has 0 spiro atoms. The van der Waals surface area contributed by atoms with Gasteiger partial charge in [-0.15, -0.1) is 0 Å². The van der Waals surface area contributed by atoms with Crippen molar-refractivity contribution in [3.05, 3.63) is 46.8 Å². The molecule has 0 saturated carbocycles. The van der Waals surface area contributed by atoms with Crippen LogP contribution < -0.4 is 5.32 Å². The van der Waals surface area contributed by atoms with Crippen LogP contribution in [0.5, 0.6) is 0 Å². The summed E-state index contributed by atoms with van der Waals surface area (Å²) >= 11 is 0. The monoisotopic (exact) mass is 330 g/mol. The number of halogens is 4. The zero-order chi connectivity index (χ0) is 17.2. The van der Waals surface area contributed by atoms with Crippen molar-refractivity contribution in [3.63, 3.8) is 0 Å². The molecule has 0 aliphatic heterocycles. The number of benzene rings is 1. The van der Waals surface area contributed by atoms with Crippen molar-refractivity contribution in [2.75, 3.05) is 0 Å². The molecule has 0 bridgehead atoms. The van der Waals surface area contributed by atoms with Crippen LogP contribution in [0.15, 0.2) is 18.2 Å². The van der Waals surface area contributed by atoms with E-state index >= 15 is 0 Å². The van der Waals surface area contributed by atoms with Crippen LogP contribution in [0.3, 0.4) is 0 Å². The molecule has 0 saturated heterocycles. The van der Waals surface area contributed by atoms with Gasteiger partial charge in [0.25, 0.3) is 5.91 Å². The number of nitrogens with one attached hydrogen (secondary N) is 2. The third-order valence-corrected chi connectivity index (χ3v) is 3.18. The Balaban J connectivity index is 2.26. The van der Waals surface area contributed by atoms with Gasteiger partial charge in [-0.3, -0.25) is 9.89 Å². The fourth-order valence-corrected chi connectivity index (χ4v) is 1.98. The van der Waals surface area contributed by atoms with Crippen molar-refractivity contribution in [3.8, 4) is 0 Å². The topological polar surface area (TPSA) is 70.7 Å². The SMILES string of the molecule is CCC(NC(=O)c1cc(C(F)(F)F)ccc1F)c1n[nH]c(C)n1. The molecule has 0 aliphatic carbocycles. The van der Waals surface area contributed by atoms with Gasteiger partial charge in [0.15, 0.2) is 5.82 Å². The van der Waals surface area contributed by atoms with E-state index in [1.807, 2.05) is 0 Å². The summed E-state index contributed by atoms with van der Waals surface area (Å²) in [7, 11) is 0. The molecule has 2 N–H and O–H groups in total. The third-order valence-electron chi connectivity index (χ3n) is 3.18. The van der Waals surface area contributed by atoms with Crippen molar-refractivity contribution in [2.24, 2.45) is 0 Å². The van der Waals surface area contributed by atoms with Gasteiger partial charge >= 0.3 is 6.18 Å². The highest BCUT2D eigenvalue weighted by molar-refractivity contribution is 5.94. The number of hydrogen-bond donors (Lipinski definition) is 2. The highest BCUT2D eigenvalue weighted by atomic mass is 19.4. The number of H-pyrrole nitrogens is 1. The number of aromatic amines is 1. The van der Waals surface area contributed by atoms with Crippen LogP contribution in [0.4, 0.5) is 17.6 Å². The summed E-state index contributed by atoms with van der Waals surface area (Å²) < 4.78 is 51.7. The predicted octanol–water partition coefficient (Wildman–Crippen LogP) is 3.15. The van der Waals surface area contributed by atoms with E-state index in [4.69, 9.17) is 0 Å². The lowest BCUT2D eigenvalue weighted by Crippen LogP contribution is -2.30. The lowest BCUT2D eigenvalue weighted by molar-refractivity contribution is -0.137. The second-order valence-corrected chi connectivity index (χ2v) is 4.91. The molecule has 5 nitrogen and oxygen atoms in total. The molecule has 1 aromatic heterocycles. The van der Waals surface area contributed by atoms with Gasteiger partial charge in [0.1, 0.15) is 11.6 Å². The second-order valence-electron chi connectivity index (χ2n) is 4.91. The first kappa shape index (κ1) is 16.9. The zero-order valence-corrected chi connectivity index (χ0v) is 12.3. The average molecular weight is 330 g/mol. The maximum absolute atomic E-state index is 13.7. The Bertz CT molecular complexity index is 711. The quantitative estimate of drug-likeness (QED) is 0.846. The Labute approximate surface area is 129 Å². The molecule has 1 atom stereocenters. The molecule has 0 radical (unpaired) electrons. The van der Waals surface area contributed by atoms with E-state index in [0.29, 0.717) is 30.4 Å². The maximum atomic E-state index is 13.7. The van der Waals surface area contributed by atoms with Crippen LogP contribution in [-0.4, -0.2) is 21.1 Å². The van der Waals surface area contributed by atoms with Crippen molar-refractivity contribution < 1.29 is 22.4 Å². The highest BCUT2D eigenvalue weighted by Crippen LogP contribution is 2.30. The first-order valence-electron chi connectivity index (χ1n) is 6.79. The average Bonchev–Trinajstić information content (AvgIpc) is 2.90. The Hall–Kier alpha value is -2.45. The van der Waals surface area contributed by atoms with E-state index in [1.165, 1.54) is 0 Å². The fraction of sp³-hybridized carbons (Fsp3) is 0.357. The number of hydrogen-bond acceptors (Lipinski definition) is 3. The van der Waals surface area contributed by atoms with Gasteiger partial charge in [-0.25, -0.2) is 9.37 Å². The van der Waals surface area contributed by atoms with Crippen molar-refractivity contribution in [1.29, 1.82) is 0 Å². The third kappa shape index (κ3) is 3.85. The van der Waals surface area contributed by atoms with E-state index in [2.05, 4.69) is 20.5 Å². The zero-order valence-electron chi connectivity index (χ0n) is 12.3. The lowest BCUT2D eigenvalue weighted by atomic mass is 10.1. The summed E-state index contributed by atoms with van der Waals surface area (Å²) in [4.78, 5) is 16.2. The number of amides is 1. The van der Waals surface area contributed by atoms with Crippen LogP contribution >= 0.6 is 0 Å². The number of nitrogens with zero attached hydrogens (tertiary/aromatic N) is 2. The van der Waals surface area contributed by atoms with Crippen molar-refractivity contribution in [1.82, 2.24) is 20.5 Å². The van der Waals surface area contributed by atoms with Crippen molar-refractivity contribution >= 4 is 5.91 Å². The number of aromatic nitrogens is 3. The van der Waals surface area contributed by atoms with Crippen LogP contribution in [0, 0.1) is 12.7 Å². The summed E-state index contributed by atoms with van der Waals surface area (Å²) in [5.74, 6) is -1.18. The molecule has 2 rings (SSSR count). The summed E-state index contributed by atoms with van der Waals surface area (Å²) in [5, 5.41) is 8.93. The maximum Gasteiger partial charge on any atom is 0.416 e.